The lowest BCUT2D eigenvalue weighted by molar-refractivity contribution is -0.142. The SMILES string of the molecule is O=C1CC([C@]23C=C[C@H](NC2)O3)C(=O)N1Cc1ccc2c(c1)OCO2. The number of benzene rings is 1. The van der Waals surface area contributed by atoms with Gasteiger partial charge in [-0.25, -0.2) is 0 Å². The van der Waals surface area contributed by atoms with Crippen molar-refractivity contribution in [3.05, 3.63) is 35.9 Å². The number of carbonyl (C=O) groups excluding carboxylic acids is 2. The zero-order chi connectivity index (χ0) is 16.3. The molecule has 4 aliphatic rings. The minimum Gasteiger partial charge on any atom is -0.454 e. The van der Waals surface area contributed by atoms with Gasteiger partial charge in [-0.3, -0.25) is 19.8 Å². The molecule has 2 amide bonds. The van der Waals surface area contributed by atoms with Gasteiger partial charge >= 0.3 is 0 Å². The van der Waals surface area contributed by atoms with E-state index < -0.39 is 11.5 Å². The van der Waals surface area contributed by atoms with Crippen LogP contribution in [0, 0.1) is 5.92 Å². The molecule has 7 nitrogen and oxygen atoms in total. The molecular formula is C17H16N2O5. The van der Waals surface area contributed by atoms with Crippen LogP contribution in [0.1, 0.15) is 12.0 Å². The van der Waals surface area contributed by atoms with Gasteiger partial charge in [0.25, 0.3) is 0 Å². The van der Waals surface area contributed by atoms with E-state index in [2.05, 4.69) is 5.32 Å². The Morgan fingerprint density at radius 1 is 1.25 bits per heavy atom. The number of nitrogens with zero attached hydrogens (tertiary/aromatic N) is 1. The monoisotopic (exact) mass is 328 g/mol. The number of likely N-dealkylation sites (tertiary alicyclic amines) is 1. The average molecular weight is 328 g/mol. The topological polar surface area (TPSA) is 77.1 Å². The van der Waals surface area contributed by atoms with Gasteiger partial charge in [0.1, 0.15) is 11.8 Å². The van der Waals surface area contributed by atoms with Crippen molar-refractivity contribution in [2.24, 2.45) is 5.92 Å². The summed E-state index contributed by atoms with van der Waals surface area (Å²) < 4.78 is 16.5. The van der Waals surface area contributed by atoms with Gasteiger partial charge in [-0.15, -0.1) is 0 Å². The molecule has 7 heteroatoms. The number of ether oxygens (including phenoxy) is 3. The third kappa shape index (κ3) is 1.91. The molecule has 124 valence electrons. The smallest absolute Gasteiger partial charge is 0.236 e. The largest absolute Gasteiger partial charge is 0.454 e. The van der Waals surface area contributed by atoms with E-state index in [1.807, 2.05) is 24.3 Å². The molecule has 5 rings (SSSR count). The van der Waals surface area contributed by atoms with Gasteiger partial charge in [0.05, 0.1) is 12.5 Å². The first-order valence-electron chi connectivity index (χ1n) is 7.98. The summed E-state index contributed by atoms with van der Waals surface area (Å²) in [5.41, 5.74) is 0.158. The highest BCUT2D eigenvalue weighted by molar-refractivity contribution is 6.04. The number of amides is 2. The van der Waals surface area contributed by atoms with E-state index in [1.165, 1.54) is 4.90 Å². The second kappa shape index (κ2) is 4.81. The maximum absolute atomic E-state index is 12.8. The van der Waals surface area contributed by atoms with E-state index in [1.54, 1.807) is 6.07 Å². The first-order chi connectivity index (χ1) is 11.6. The Kier molecular flexibility index (Phi) is 2.81. The van der Waals surface area contributed by atoms with Gasteiger partial charge in [0.2, 0.25) is 18.6 Å². The third-order valence-corrected chi connectivity index (χ3v) is 5.09. The van der Waals surface area contributed by atoms with Crippen LogP contribution in [-0.4, -0.2) is 41.9 Å². The number of hydrogen-bond donors (Lipinski definition) is 1. The maximum atomic E-state index is 12.8. The Balaban J connectivity index is 1.38. The fraction of sp³-hybridized carbons (Fsp3) is 0.412. The molecule has 0 aliphatic carbocycles. The number of nitrogens with one attached hydrogen (secondary N) is 1. The molecule has 2 bridgehead atoms. The van der Waals surface area contributed by atoms with Crippen molar-refractivity contribution >= 4 is 11.8 Å². The predicted molar refractivity (Wildman–Crippen MR) is 81.0 cm³/mol. The average Bonchev–Trinajstić information content (AvgIpc) is 3.34. The quantitative estimate of drug-likeness (QED) is 0.645. The van der Waals surface area contributed by atoms with Gasteiger partial charge in [-0.2, -0.15) is 0 Å². The normalized spacial score (nSPS) is 33.1. The summed E-state index contributed by atoms with van der Waals surface area (Å²) >= 11 is 0. The summed E-state index contributed by atoms with van der Waals surface area (Å²) in [5, 5.41) is 3.18. The molecule has 0 saturated carbocycles. The second-order valence-corrected chi connectivity index (χ2v) is 6.50. The van der Waals surface area contributed by atoms with E-state index in [-0.39, 0.29) is 37.8 Å². The first-order valence-corrected chi connectivity index (χ1v) is 7.98. The third-order valence-electron chi connectivity index (χ3n) is 5.09. The summed E-state index contributed by atoms with van der Waals surface area (Å²) in [6.45, 7) is 1.000. The molecule has 4 aliphatic heterocycles. The van der Waals surface area contributed by atoms with E-state index >= 15 is 0 Å². The molecule has 24 heavy (non-hydrogen) atoms. The van der Waals surface area contributed by atoms with Crippen molar-refractivity contribution in [1.29, 1.82) is 0 Å². The van der Waals surface area contributed by atoms with Gasteiger partial charge < -0.3 is 14.2 Å². The molecule has 1 aromatic rings. The van der Waals surface area contributed by atoms with Crippen molar-refractivity contribution in [3.8, 4) is 11.5 Å². The lowest BCUT2D eigenvalue weighted by atomic mass is 9.85. The summed E-state index contributed by atoms with van der Waals surface area (Å²) in [6, 6.07) is 5.46. The van der Waals surface area contributed by atoms with E-state index in [4.69, 9.17) is 14.2 Å². The van der Waals surface area contributed by atoms with Gasteiger partial charge in [-0.1, -0.05) is 12.1 Å². The Labute approximate surface area is 138 Å². The Bertz CT molecular complexity index is 776. The van der Waals surface area contributed by atoms with Crippen LogP contribution in [0.15, 0.2) is 30.4 Å². The number of rotatable bonds is 3. The van der Waals surface area contributed by atoms with Gasteiger partial charge in [0.15, 0.2) is 11.5 Å². The van der Waals surface area contributed by atoms with Crippen LogP contribution in [0.25, 0.3) is 0 Å². The number of fused-ring (bicyclic) bond motifs is 3. The van der Waals surface area contributed by atoms with Crippen molar-refractivity contribution in [2.45, 2.75) is 24.8 Å². The van der Waals surface area contributed by atoms with Crippen molar-refractivity contribution < 1.29 is 23.8 Å². The molecule has 0 radical (unpaired) electrons. The molecule has 1 aromatic carbocycles. The Hall–Kier alpha value is -2.38. The number of imide groups is 1. The fourth-order valence-corrected chi connectivity index (χ4v) is 3.81. The zero-order valence-corrected chi connectivity index (χ0v) is 12.9. The van der Waals surface area contributed by atoms with Gasteiger partial charge in [-0.05, 0) is 23.8 Å². The molecule has 1 unspecified atom stereocenters. The van der Waals surface area contributed by atoms with E-state index in [0.717, 1.165) is 5.56 Å². The van der Waals surface area contributed by atoms with Crippen molar-refractivity contribution in [2.75, 3.05) is 13.3 Å². The maximum Gasteiger partial charge on any atom is 0.236 e. The van der Waals surface area contributed by atoms with Crippen LogP contribution in [0.4, 0.5) is 0 Å². The minimum absolute atomic E-state index is 0.143. The highest BCUT2D eigenvalue weighted by Gasteiger charge is 2.55. The molecule has 2 saturated heterocycles. The van der Waals surface area contributed by atoms with E-state index in [0.29, 0.717) is 18.0 Å². The lowest BCUT2D eigenvalue weighted by Gasteiger charge is -2.27. The Morgan fingerprint density at radius 2 is 2.12 bits per heavy atom. The van der Waals surface area contributed by atoms with Crippen LogP contribution >= 0.6 is 0 Å². The van der Waals surface area contributed by atoms with Crippen LogP contribution in [0.5, 0.6) is 11.5 Å². The first kappa shape index (κ1) is 14.0. The van der Waals surface area contributed by atoms with Gasteiger partial charge in [0, 0.05) is 13.0 Å². The molecule has 0 spiro atoms. The van der Waals surface area contributed by atoms with E-state index in [9.17, 15) is 9.59 Å². The standard InChI is InChI=1S/C17H16N2O5/c20-15-6-11(17-4-3-14(24-17)18-8-17)16(21)19(15)7-10-1-2-12-13(5-10)23-9-22-12/h1-5,11,14,18H,6-9H2/t11?,14-,17+/m1/s1. The summed E-state index contributed by atoms with van der Waals surface area (Å²) in [5.74, 6) is 0.528. The van der Waals surface area contributed by atoms with Crippen LogP contribution < -0.4 is 14.8 Å². The minimum atomic E-state index is -0.680. The molecule has 0 aromatic heterocycles. The van der Waals surface area contributed by atoms with Crippen LogP contribution in [0.2, 0.25) is 0 Å². The predicted octanol–water partition coefficient (Wildman–Crippen LogP) is 0.545. The summed E-state index contributed by atoms with van der Waals surface area (Å²) in [7, 11) is 0. The number of hydrogen-bond acceptors (Lipinski definition) is 6. The highest BCUT2D eigenvalue weighted by atomic mass is 16.7. The van der Waals surface area contributed by atoms with Crippen molar-refractivity contribution in [3.63, 3.8) is 0 Å². The molecular weight excluding hydrogens is 312 g/mol. The number of carbonyl (C=O) groups is 2. The lowest BCUT2D eigenvalue weighted by Crippen LogP contribution is -2.44. The molecule has 4 heterocycles. The van der Waals surface area contributed by atoms with Crippen LogP contribution in [-0.2, 0) is 20.9 Å². The summed E-state index contributed by atoms with van der Waals surface area (Å²) in [4.78, 5) is 26.6. The molecule has 1 N–H and O–H groups in total. The Morgan fingerprint density at radius 3 is 2.88 bits per heavy atom. The molecule has 3 atom stereocenters. The molecule has 2 fully saturated rings. The summed E-state index contributed by atoms with van der Waals surface area (Å²) in [6.07, 6.45) is 3.87. The highest BCUT2D eigenvalue weighted by Crippen LogP contribution is 2.41. The van der Waals surface area contributed by atoms with Crippen LogP contribution in [0.3, 0.4) is 0 Å². The van der Waals surface area contributed by atoms with Crippen molar-refractivity contribution in [1.82, 2.24) is 10.2 Å². The second-order valence-electron chi connectivity index (χ2n) is 6.50. The fourth-order valence-electron chi connectivity index (χ4n) is 3.81. The zero-order valence-electron chi connectivity index (χ0n) is 12.9.